The lowest BCUT2D eigenvalue weighted by Crippen LogP contribution is -2.49. The van der Waals surface area contributed by atoms with Gasteiger partial charge in [-0.1, -0.05) is 6.07 Å². The number of thiocarbonyl (C=S) groups is 1. The monoisotopic (exact) mass is 577 g/mol. The normalized spacial score (nSPS) is 18.1. The summed E-state index contributed by atoms with van der Waals surface area (Å²) in [5.74, 6) is -0.255. The van der Waals surface area contributed by atoms with Crippen molar-refractivity contribution in [2.75, 3.05) is 44.2 Å². The number of carbonyl (C=O) groups excluding carboxylic acids is 2. The Balaban J connectivity index is 1.30. The molecule has 39 heavy (non-hydrogen) atoms. The van der Waals surface area contributed by atoms with Crippen LogP contribution in [0.15, 0.2) is 35.7 Å². The maximum atomic E-state index is 13.5. The highest BCUT2D eigenvalue weighted by Crippen LogP contribution is 2.38. The fourth-order valence-electron chi connectivity index (χ4n) is 4.94. The lowest BCUT2D eigenvalue weighted by atomic mass is 10.0. The third-order valence-corrected chi connectivity index (χ3v) is 8.53. The number of nitrogens with zero attached hydrogens (tertiary/aromatic N) is 5. The summed E-state index contributed by atoms with van der Waals surface area (Å²) in [6.45, 7) is 7.74. The van der Waals surface area contributed by atoms with Gasteiger partial charge >= 0.3 is 6.18 Å². The summed E-state index contributed by atoms with van der Waals surface area (Å²) in [5, 5.41) is 11.2. The fourth-order valence-corrected chi connectivity index (χ4v) is 6.15. The number of thiophene rings is 1. The van der Waals surface area contributed by atoms with Crippen LogP contribution in [0.2, 0.25) is 0 Å². The predicted molar refractivity (Wildman–Crippen MR) is 147 cm³/mol. The van der Waals surface area contributed by atoms with Crippen molar-refractivity contribution in [2.45, 2.75) is 44.8 Å². The Labute approximate surface area is 235 Å². The summed E-state index contributed by atoms with van der Waals surface area (Å²) in [6, 6.07) is 8.68. The van der Waals surface area contributed by atoms with Gasteiger partial charge in [0.1, 0.15) is 5.54 Å². The number of rotatable bonds is 8. The maximum absolute atomic E-state index is 13.5. The number of hydrogen-bond donors (Lipinski definition) is 0. The topological polar surface area (TPSA) is 70.9 Å². The second-order valence-electron chi connectivity index (χ2n) is 10.2. The Bertz CT molecular complexity index is 1270. The number of anilines is 1. The molecule has 2 saturated heterocycles. The van der Waals surface area contributed by atoms with Crippen LogP contribution in [0.4, 0.5) is 18.9 Å². The second kappa shape index (κ2) is 11.6. The first-order valence-corrected chi connectivity index (χ1v) is 14.0. The number of nitriles is 1. The molecule has 1 aromatic carbocycles. The highest BCUT2D eigenvalue weighted by atomic mass is 32.1. The fraction of sp³-hybridized carbons (Fsp3) is 0.481. The minimum atomic E-state index is -4.73. The molecule has 4 rings (SSSR count). The average molecular weight is 578 g/mol. The van der Waals surface area contributed by atoms with Crippen molar-refractivity contribution < 1.29 is 22.8 Å². The smallest absolute Gasteiger partial charge is 0.340 e. The summed E-state index contributed by atoms with van der Waals surface area (Å²) < 4.78 is 40.5. The lowest BCUT2D eigenvalue weighted by Gasteiger charge is -2.35. The summed E-state index contributed by atoms with van der Waals surface area (Å²) in [7, 11) is 0. The molecule has 0 aliphatic carbocycles. The molecular formula is C27H30F3N5O2S2. The van der Waals surface area contributed by atoms with Crippen LogP contribution >= 0.6 is 23.6 Å². The van der Waals surface area contributed by atoms with Gasteiger partial charge < -0.3 is 9.80 Å². The van der Waals surface area contributed by atoms with E-state index >= 15 is 0 Å². The molecule has 0 N–H and O–H groups in total. The summed E-state index contributed by atoms with van der Waals surface area (Å²) in [4.78, 5) is 34.0. The zero-order valence-corrected chi connectivity index (χ0v) is 23.5. The highest BCUT2D eigenvalue weighted by Gasteiger charge is 2.49. The molecule has 0 spiro atoms. The molecule has 0 saturated carbocycles. The van der Waals surface area contributed by atoms with Gasteiger partial charge in [-0.2, -0.15) is 18.4 Å². The number of unbranched alkanes of at least 4 members (excludes halogenated alkanes) is 1. The molecule has 0 atom stereocenters. The van der Waals surface area contributed by atoms with Gasteiger partial charge in [0.05, 0.1) is 29.3 Å². The van der Waals surface area contributed by atoms with Crippen molar-refractivity contribution in [2.24, 2.45) is 0 Å². The van der Waals surface area contributed by atoms with Crippen LogP contribution in [0.1, 0.15) is 42.7 Å². The van der Waals surface area contributed by atoms with Gasteiger partial charge in [-0.05, 0) is 75.1 Å². The van der Waals surface area contributed by atoms with E-state index in [2.05, 4.69) is 4.90 Å². The van der Waals surface area contributed by atoms with Crippen LogP contribution in [0.3, 0.4) is 0 Å². The van der Waals surface area contributed by atoms with Crippen molar-refractivity contribution in [3.05, 3.63) is 51.7 Å². The number of alkyl halides is 3. The minimum absolute atomic E-state index is 0.00148. The quantitative estimate of drug-likeness (QED) is 0.340. The number of amides is 2. The van der Waals surface area contributed by atoms with E-state index in [0.29, 0.717) is 26.1 Å². The summed E-state index contributed by atoms with van der Waals surface area (Å²) in [6.07, 6.45) is -2.70. The zero-order valence-electron chi connectivity index (χ0n) is 21.8. The summed E-state index contributed by atoms with van der Waals surface area (Å²) in [5.41, 5.74) is -2.62. The lowest BCUT2D eigenvalue weighted by molar-refractivity contribution is -0.138. The van der Waals surface area contributed by atoms with Crippen LogP contribution in [-0.2, 0) is 22.2 Å². The minimum Gasteiger partial charge on any atom is -0.340 e. The molecule has 0 bridgehead atoms. The van der Waals surface area contributed by atoms with Crippen LogP contribution in [0, 0.1) is 11.3 Å². The first-order chi connectivity index (χ1) is 18.4. The van der Waals surface area contributed by atoms with Crippen LogP contribution in [0.5, 0.6) is 0 Å². The van der Waals surface area contributed by atoms with E-state index in [9.17, 15) is 22.8 Å². The van der Waals surface area contributed by atoms with E-state index in [1.54, 1.807) is 36.2 Å². The molecule has 1 aromatic heterocycles. The van der Waals surface area contributed by atoms with Crippen molar-refractivity contribution in [3.63, 3.8) is 0 Å². The van der Waals surface area contributed by atoms with E-state index < -0.39 is 28.7 Å². The highest BCUT2D eigenvalue weighted by molar-refractivity contribution is 7.80. The Morgan fingerprint density at radius 3 is 2.44 bits per heavy atom. The molecule has 2 aliphatic heterocycles. The van der Waals surface area contributed by atoms with Gasteiger partial charge in [0.2, 0.25) is 5.91 Å². The van der Waals surface area contributed by atoms with Gasteiger partial charge in [-0.25, -0.2) is 0 Å². The number of carbonyl (C=O) groups is 2. The average Bonchev–Trinajstić information content (AvgIpc) is 3.46. The zero-order chi connectivity index (χ0) is 28.4. The molecule has 0 radical (unpaired) electrons. The molecule has 2 aliphatic rings. The van der Waals surface area contributed by atoms with Gasteiger partial charge in [-0.3, -0.25) is 19.4 Å². The maximum Gasteiger partial charge on any atom is 0.417 e. The molecule has 2 aromatic rings. The van der Waals surface area contributed by atoms with E-state index in [1.807, 2.05) is 22.4 Å². The summed E-state index contributed by atoms with van der Waals surface area (Å²) >= 11 is 7.15. The third-order valence-electron chi connectivity index (χ3n) is 7.25. The predicted octanol–water partition coefficient (Wildman–Crippen LogP) is 4.52. The third kappa shape index (κ3) is 6.26. The Morgan fingerprint density at radius 2 is 1.82 bits per heavy atom. The Morgan fingerprint density at radius 1 is 1.13 bits per heavy atom. The van der Waals surface area contributed by atoms with Gasteiger partial charge in [0.15, 0.2) is 5.11 Å². The van der Waals surface area contributed by atoms with Crippen molar-refractivity contribution >= 4 is 46.2 Å². The van der Waals surface area contributed by atoms with Crippen LogP contribution in [-0.4, -0.2) is 76.4 Å². The van der Waals surface area contributed by atoms with Crippen molar-refractivity contribution in [3.8, 4) is 6.07 Å². The van der Waals surface area contributed by atoms with Crippen LogP contribution in [0.25, 0.3) is 0 Å². The number of benzene rings is 1. The van der Waals surface area contributed by atoms with Crippen LogP contribution < -0.4 is 4.90 Å². The number of piperazine rings is 1. The van der Waals surface area contributed by atoms with E-state index in [1.165, 1.54) is 6.07 Å². The molecule has 12 heteroatoms. The number of hydrogen-bond acceptors (Lipinski definition) is 6. The Kier molecular flexibility index (Phi) is 8.63. The molecule has 7 nitrogen and oxygen atoms in total. The molecule has 2 fully saturated rings. The molecule has 0 unspecified atom stereocenters. The van der Waals surface area contributed by atoms with Gasteiger partial charge in [-0.15, -0.1) is 11.3 Å². The molecular weight excluding hydrogens is 547 g/mol. The second-order valence-corrected chi connectivity index (χ2v) is 11.6. The van der Waals surface area contributed by atoms with E-state index in [4.69, 9.17) is 17.5 Å². The first-order valence-electron chi connectivity index (χ1n) is 12.7. The van der Waals surface area contributed by atoms with Gasteiger partial charge in [0.25, 0.3) is 5.91 Å². The van der Waals surface area contributed by atoms with E-state index in [-0.39, 0.29) is 16.7 Å². The largest absolute Gasteiger partial charge is 0.417 e. The SMILES string of the molecule is CC1(C)C(=O)N(c2ccc(C#N)c(C(F)(F)F)c2)C(=S)N1CCCCN1CCN(C(=O)Cc2cccs2)CC1. The standard InChI is InChI=1S/C27H30F3N5O2S2/c1-26(2)24(37)35(20-8-7-19(18-31)22(16-20)27(28,29)30)25(38)34(26)10-4-3-9-32-11-13-33(14-12-32)23(36)17-21-6-5-15-39-21/h5-8,15-16H,3-4,9-14,17H2,1-2H3. The number of halogens is 3. The van der Waals surface area contributed by atoms with Crippen molar-refractivity contribution in [1.82, 2.24) is 14.7 Å². The molecule has 3 heterocycles. The van der Waals surface area contributed by atoms with Crippen molar-refractivity contribution in [1.29, 1.82) is 5.26 Å². The molecule has 208 valence electrons. The van der Waals surface area contributed by atoms with E-state index in [0.717, 1.165) is 54.4 Å². The first kappa shape index (κ1) is 29.0. The van der Waals surface area contributed by atoms with Gasteiger partial charge in [0, 0.05) is 37.6 Å². The Hall–Kier alpha value is -3.01. The molecule has 2 amide bonds.